The molecule has 0 amide bonds. The summed E-state index contributed by atoms with van der Waals surface area (Å²) in [5, 5.41) is 8.91. The van der Waals surface area contributed by atoms with Crippen molar-refractivity contribution in [2.75, 3.05) is 7.11 Å². The summed E-state index contributed by atoms with van der Waals surface area (Å²) < 4.78 is 4.46. The molecule has 0 aromatic carbocycles. The molecule has 0 spiro atoms. The number of unbranched alkanes of at least 4 members (excludes halogenated alkanes) is 5. The van der Waals surface area contributed by atoms with E-state index in [9.17, 15) is 9.59 Å². The predicted molar refractivity (Wildman–Crippen MR) is 95.5 cm³/mol. The van der Waals surface area contributed by atoms with E-state index >= 15 is 0 Å². The summed E-state index contributed by atoms with van der Waals surface area (Å²) in [4.78, 5) is 21.3. The first-order chi connectivity index (χ1) is 11.0. The maximum absolute atomic E-state index is 10.8. The Hall–Kier alpha value is -1.32. The largest absolute Gasteiger partial charge is 0.481 e. The second kappa shape index (κ2) is 18.7. The van der Waals surface area contributed by atoms with Crippen molar-refractivity contribution in [1.29, 1.82) is 0 Å². The van der Waals surface area contributed by atoms with Crippen LogP contribution in [0.3, 0.4) is 0 Å². The van der Waals surface area contributed by atoms with Crippen LogP contribution in [-0.2, 0) is 14.3 Å². The Morgan fingerprint density at radius 3 is 2.09 bits per heavy atom. The zero-order chi connectivity index (χ0) is 17.9. The van der Waals surface area contributed by atoms with Gasteiger partial charge >= 0.3 is 11.9 Å². The quantitative estimate of drug-likeness (QED) is 0.297. The van der Waals surface area contributed by atoms with Gasteiger partial charge < -0.3 is 9.84 Å². The molecule has 0 aliphatic carbocycles. The van der Waals surface area contributed by atoms with Gasteiger partial charge in [-0.25, -0.2) is 0 Å². The number of carbonyl (C=O) groups excluding carboxylic acids is 1. The third-order valence-electron chi connectivity index (χ3n) is 3.49. The van der Waals surface area contributed by atoms with E-state index in [1.807, 2.05) is 12.2 Å². The molecule has 0 fully saturated rings. The Bertz CT molecular complexity index is 310. The van der Waals surface area contributed by atoms with E-state index in [0.29, 0.717) is 6.42 Å². The molecule has 0 heterocycles. The fourth-order valence-corrected chi connectivity index (χ4v) is 1.93. The lowest BCUT2D eigenvalue weighted by atomic mass is 10.0. The Kier molecular flexibility index (Phi) is 19.5. The summed E-state index contributed by atoms with van der Waals surface area (Å²) in [6.07, 6.45) is 13.8. The van der Waals surface area contributed by atoms with Gasteiger partial charge in [0.15, 0.2) is 0 Å². The molecule has 0 aromatic rings. The highest BCUT2D eigenvalue weighted by Crippen LogP contribution is 2.11. The van der Waals surface area contributed by atoms with Crippen LogP contribution in [0.2, 0.25) is 0 Å². The SMILES string of the molecule is CCCC/C=C/C(CCCC)C(=O)O.CCCCCC(=O)OC. The van der Waals surface area contributed by atoms with Crippen LogP contribution in [0.4, 0.5) is 0 Å². The zero-order valence-electron chi connectivity index (χ0n) is 15.5. The summed E-state index contributed by atoms with van der Waals surface area (Å²) in [7, 11) is 1.42. The van der Waals surface area contributed by atoms with Crippen LogP contribution in [0.15, 0.2) is 12.2 Å². The molecule has 0 bridgehead atoms. The van der Waals surface area contributed by atoms with Crippen LogP contribution in [0.25, 0.3) is 0 Å². The van der Waals surface area contributed by atoms with Gasteiger partial charge in [0.2, 0.25) is 0 Å². The molecule has 0 saturated carbocycles. The minimum absolute atomic E-state index is 0.0940. The molecule has 1 atom stereocenters. The number of hydrogen-bond donors (Lipinski definition) is 1. The van der Waals surface area contributed by atoms with Gasteiger partial charge in [0.1, 0.15) is 0 Å². The highest BCUT2D eigenvalue weighted by molar-refractivity contribution is 5.72. The van der Waals surface area contributed by atoms with Crippen molar-refractivity contribution in [2.45, 2.75) is 85.0 Å². The summed E-state index contributed by atoms with van der Waals surface area (Å²) in [5.74, 6) is -1.05. The van der Waals surface area contributed by atoms with Gasteiger partial charge in [-0.05, 0) is 19.3 Å². The van der Waals surface area contributed by atoms with Crippen molar-refractivity contribution in [3.8, 4) is 0 Å². The van der Waals surface area contributed by atoms with Gasteiger partial charge in [0.05, 0.1) is 13.0 Å². The van der Waals surface area contributed by atoms with Crippen molar-refractivity contribution < 1.29 is 19.4 Å². The number of hydrogen-bond acceptors (Lipinski definition) is 3. The Morgan fingerprint density at radius 2 is 1.61 bits per heavy atom. The fourth-order valence-electron chi connectivity index (χ4n) is 1.93. The molecule has 1 unspecified atom stereocenters. The third-order valence-corrected chi connectivity index (χ3v) is 3.49. The van der Waals surface area contributed by atoms with Crippen LogP contribution in [-0.4, -0.2) is 24.2 Å². The number of ether oxygens (including phenoxy) is 1. The van der Waals surface area contributed by atoms with E-state index in [1.54, 1.807) is 0 Å². The standard InChI is InChI=1S/C12H22O2.C7H14O2/c1-3-5-7-8-10-11(12(13)14)9-6-4-2;1-3-4-5-6-7(8)9-2/h8,10-11H,3-7,9H2,1-2H3,(H,13,14);3-6H2,1-2H3/b10-8+;. The fraction of sp³-hybridized carbons (Fsp3) is 0.789. The third kappa shape index (κ3) is 18.6. The molecule has 0 saturated heterocycles. The lowest BCUT2D eigenvalue weighted by molar-refractivity contribution is -0.141. The van der Waals surface area contributed by atoms with Crippen LogP contribution in [0, 0.1) is 5.92 Å². The lowest BCUT2D eigenvalue weighted by Crippen LogP contribution is -2.10. The number of esters is 1. The first-order valence-corrected chi connectivity index (χ1v) is 8.99. The highest BCUT2D eigenvalue weighted by Gasteiger charge is 2.11. The molecular formula is C19H36O4. The summed E-state index contributed by atoms with van der Waals surface area (Å²) >= 11 is 0. The van der Waals surface area contributed by atoms with Crippen molar-refractivity contribution in [2.24, 2.45) is 5.92 Å². The molecule has 4 nitrogen and oxygen atoms in total. The van der Waals surface area contributed by atoms with Gasteiger partial charge in [0, 0.05) is 6.42 Å². The highest BCUT2D eigenvalue weighted by atomic mass is 16.5. The van der Waals surface area contributed by atoms with Gasteiger partial charge in [0.25, 0.3) is 0 Å². The van der Waals surface area contributed by atoms with E-state index < -0.39 is 5.97 Å². The van der Waals surface area contributed by atoms with Crippen molar-refractivity contribution >= 4 is 11.9 Å². The van der Waals surface area contributed by atoms with Crippen molar-refractivity contribution in [3.05, 3.63) is 12.2 Å². The van der Waals surface area contributed by atoms with Crippen LogP contribution in [0.5, 0.6) is 0 Å². The molecule has 0 aliphatic heterocycles. The normalized spacial score (nSPS) is 11.7. The Morgan fingerprint density at radius 1 is 1.00 bits per heavy atom. The average Bonchev–Trinajstić information content (AvgIpc) is 2.54. The summed E-state index contributed by atoms with van der Waals surface area (Å²) in [6, 6.07) is 0. The summed E-state index contributed by atoms with van der Waals surface area (Å²) in [6.45, 7) is 6.33. The van der Waals surface area contributed by atoms with Crippen LogP contribution >= 0.6 is 0 Å². The molecule has 136 valence electrons. The second-order valence-electron chi connectivity index (χ2n) is 5.69. The first kappa shape index (κ1) is 23.9. The number of allylic oxidation sites excluding steroid dienone is 1. The smallest absolute Gasteiger partial charge is 0.310 e. The minimum Gasteiger partial charge on any atom is -0.481 e. The maximum atomic E-state index is 10.8. The topological polar surface area (TPSA) is 63.6 Å². The van der Waals surface area contributed by atoms with Crippen molar-refractivity contribution in [3.63, 3.8) is 0 Å². The van der Waals surface area contributed by atoms with Gasteiger partial charge in [-0.3, -0.25) is 9.59 Å². The van der Waals surface area contributed by atoms with E-state index in [2.05, 4.69) is 25.5 Å². The van der Waals surface area contributed by atoms with E-state index in [4.69, 9.17) is 5.11 Å². The first-order valence-electron chi connectivity index (χ1n) is 8.99. The molecule has 23 heavy (non-hydrogen) atoms. The van der Waals surface area contributed by atoms with E-state index in [0.717, 1.165) is 57.8 Å². The van der Waals surface area contributed by atoms with Crippen LogP contribution < -0.4 is 0 Å². The number of methoxy groups -OCH3 is 1. The molecule has 4 heteroatoms. The van der Waals surface area contributed by atoms with Crippen molar-refractivity contribution in [1.82, 2.24) is 0 Å². The second-order valence-corrected chi connectivity index (χ2v) is 5.69. The molecule has 0 radical (unpaired) electrons. The number of carboxylic acid groups (broad SMARTS) is 1. The minimum atomic E-state index is -0.689. The van der Waals surface area contributed by atoms with Gasteiger partial charge in [-0.2, -0.15) is 0 Å². The average molecular weight is 328 g/mol. The number of carbonyl (C=O) groups is 2. The molecule has 0 aliphatic rings. The number of aliphatic carboxylic acids is 1. The molecule has 0 rings (SSSR count). The number of rotatable bonds is 12. The maximum Gasteiger partial charge on any atom is 0.310 e. The Balaban J connectivity index is 0. The predicted octanol–water partition coefficient (Wildman–Crippen LogP) is 5.36. The summed E-state index contributed by atoms with van der Waals surface area (Å²) in [5.41, 5.74) is 0. The molecule has 1 N–H and O–H groups in total. The molecular weight excluding hydrogens is 292 g/mol. The monoisotopic (exact) mass is 328 g/mol. The van der Waals surface area contributed by atoms with Gasteiger partial charge in [-0.1, -0.05) is 71.4 Å². The number of carboxylic acids is 1. The van der Waals surface area contributed by atoms with E-state index in [1.165, 1.54) is 7.11 Å². The lowest BCUT2D eigenvalue weighted by Gasteiger charge is -2.05. The Labute approximate surface area is 142 Å². The zero-order valence-corrected chi connectivity index (χ0v) is 15.5. The molecule has 0 aromatic heterocycles. The van der Waals surface area contributed by atoms with Gasteiger partial charge in [-0.15, -0.1) is 0 Å². The van der Waals surface area contributed by atoms with E-state index in [-0.39, 0.29) is 11.9 Å². The van der Waals surface area contributed by atoms with Crippen LogP contribution in [0.1, 0.15) is 85.0 Å².